The second-order valence-corrected chi connectivity index (χ2v) is 2.48. The molecule has 66 valence electrons. The summed E-state index contributed by atoms with van der Waals surface area (Å²) in [4.78, 5) is 10.8. The van der Waals surface area contributed by atoms with E-state index in [0.717, 1.165) is 6.42 Å². The average molecular weight is 161 g/mol. The number of aliphatic hydroxyl groups excluding tert-OH is 2. The smallest absolute Gasteiger partial charge is 0.251 e. The summed E-state index contributed by atoms with van der Waals surface area (Å²) < 4.78 is 0. The van der Waals surface area contributed by atoms with Gasteiger partial charge < -0.3 is 15.5 Å². The fourth-order valence-electron chi connectivity index (χ4n) is 0.572. The van der Waals surface area contributed by atoms with Gasteiger partial charge in [0.25, 0.3) is 5.91 Å². The number of hydrogen-bond donors (Lipinski definition) is 3. The summed E-state index contributed by atoms with van der Waals surface area (Å²) in [6.07, 6.45) is -1.49. The van der Waals surface area contributed by atoms with Crippen LogP contribution >= 0.6 is 0 Å². The molecule has 0 heterocycles. The number of carbonyl (C=O) groups excluding carboxylic acids is 1. The molecular formula is C7H15NO3. The molecule has 2 atom stereocenters. The van der Waals surface area contributed by atoms with Crippen LogP contribution in [-0.4, -0.2) is 34.9 Å². The largest absolute Gasteiger partial charge is 0.390 e. The SMILES string of the molecule is CCCNC(=O)C(O)[C@@H](C)O. The zero-order valence-electron chi connectivity index (χ0n) is 6.87. The standard InChI is InChI=1S/C7H15NO3/c1-3-4-8-7(11)6(10)5(2)9/h5-6,9-10H,3-4H2,1-2H3,(H,8,11)/t5-,6?/m1/s1. The maximum absolute atomic E-state index is 10.8. The molecule has 4 heteroatoms. The molecule has 0 aliphatic rings. The summed E-state index contributed by atoms with van der Waals surface area (Å²) >= 11 is 0. The van der Waals surface area contributed by atoms with E-state index < -0.39 is 18.1 Å². The van der Waals surface area contributed by atoms with E-state index in [1.54, 1.807) is 0 Å². The predicted octanol–water partition coefficient (Wildman–Crippen LogP) is -0.746. The van der Waals surface area contributed by atoms with E-state index in [1.807, 2.05) is 6.92 Å². The first-order valence-corrected chi connectivity index (χ1v) is 3.73. The van der Waals surface area contributed by atoms with Gasteiger partial charge in [-0.05, 0) is 13.3 Å². The Labute approximate surface area is 66.2 Å². The van der Waals surface area contributed by atoms with Gasteiger partial charge >= 0.3 is 0 Å². The molecule has 11 heavy (non-hydrogen) atoms. The summed E-state index contributed by atoms with van der Waals surface area (Å²) in [5, 5.41) is 20.2. The Bertz CT molecular complexity index is 125. The van der Waals surface area contributed by atoms with Crippen molar-refractivity contribution >= 4 is 5.91 Å². The van der Waals surface area contributed by atoms with Gasteiger partial charge in [0.05, 0.1) is 6.10 Å². The van der Waals surface area contributed by atoms with Crippen molar-refractivity contribution in [2.45, 2.75) is 32.5 Å². The van der Waals surface area contributed by atoms with Crippen LogP contribution in [0.5, 0.6) is 0 Å². The Morgan fingerprint density at radius 3 is 2.45 bits per heavy atom. The van der Waals surface area contributed by atoms with Gasteiger partial charge in [0.1, 0.15) is 0 Å². The first-order chi connectivity index (χ1) is 5.09. The number of amides is 1. The Morgan fingerprint density at radius 2 is 2.09 bits per heavy atom. The minimum atomic E-state index is -1.30. The van der Waals surface area contributed by atoms with Gasteiger partial charge in [0.2, 0.25) is 0 Å². The van der Waals surface area contributed by atoms with Gasteiger partial charge in [0.15, 0.2) is 6.10 Å². The van der Waals surface area contributed by atoms with Crippen molar-refractivity contribution in [2.75, 3.05) is 6.54 Å². The third-order valence-electron chi connectivity index (χ3n) is 1.27. The van der Waals surface area contributed by atoms with Gasteiger partial charge in [-0.3, -0.25) is 4.79 Å². The van der Waals surface area contributed by atoms with E-state index in [4.69, 9.17) is 10.2 Å². The van der Waals surface area contributed by atoms with Crippen LogP contribution in [0, 0.1) is 0 Å². The zero-order chi connectivity index (χ0) is 8.85. The lowest BCUT2D eigenvalue weighted by molar-refractivity contribution is -0.134. The van der Waals surface area contributed by atoms with E-state index in [-0.39, 0.29) is 0 Å². The minimum absolute atomic E-state index is 0.512. The number of hydrogen-bond acceptors (Lipinski definition) is 3. The van der Waals surface area contributed by atoms with Crippen molar-refractivity contribution in [3.63, 3.8) is 0 Å². The maximum atomic E-state index is 10.8. The van der Waals surface area contributed by atoms with E-state index in [0.29, 0.717) is 6.54 Å². The highest BCUT2D eigenvalue weighted by Crippen LogP contribution is 1.91. The molecule has 0 aromatic heterocycles. The molecule has 3 N–H and O–H groups in total. The Hall–Kier alpha value is -0.610. The summed E-state index contributed by atoms with van der Waals surface area (Å²) in [7, 11) is 0. The molecule has 0 aliphatic carbocycles. The predicted molar refractivity (Wildman–Crippen MR) is 41.0 cm³/mol. The number of nitrogens with one attached hydrogen (secondary N) is 1. The highest BCUT2D eigenvalue weighted by Gasteiger charge is 2.18. The molecule has 0 saturated carbocycles. The van der Waals surface area contributed by atoms with Gasteiger partial charge in [0, 0.05) is 6.54 Å². The van der Waals surface area contributed by atoms with Crippen molar-refractivity contribution < 1.29 is 15.0 Å². The molecule has 0 rings (SSSR count). The van der Waals surface area contributed by atoms with Crippen LogP contribution in [0.2, 0.25) is 0 Å². The second-order valence-electron chi connectivity index (χ2n) is 2.48. The van der Waals surface area contributed by atoms with Crippen LogP contribution in [0.3, 0.4) is 0 Å². The van der Waals surface area contributed by atoms with Crippen molar-refractivity contribution in [2.24, 2.45) is 0 Å². The highest BCUT2D eigenvalue weighted by molar-refractivity contribution is 5.80. The quantitative estimate of drug-likeness (QED) is 0.508. The van der Waals surface area contributed by atoms with E-state index >= 15 is 0 Å². The summed E-state index contributed by atoms with van der Waals surface area (Å²) in [5.74, 6) is -0.512. The van der Waals surface area contributed by atoms with E-state index in [1.165, 1.54) is 6.92 Å². The Morgan fingerprint density at radius 1 is 1.55 bits per heavy atom. The average Bonchev–Trinajstić information content (AvgIpc) is 1.98. The monoisotopic (exact) mass is 161 g/mol. The second kappa shape index (κ2) is 5.09. The number of aliphatic hydroxyl groups is 2. The third kappa shape index (κ3) is 3.95. The normalized spacial score (nSPS) is 15.6. The number of carbonyl (C=O) groups is 1. The van der Waals surface area contributed by atoms with Crippen molar-refractivity contribution in [1.29, 1.82) is 0 Å². The molecule has 1 unspecified atom stereocenters. The van der Waals surface area contributed by atoms with Crippen LogP contribution < -0.4 is 5.32 Å². The molecule has 0 saturated heterocycles. The topological polar surface area (TPSA) is 69.6 Å². The first kappa shape index (κ1) is 10.4. The van der Waals surface area contributed by atoms with Crippen LogP contribution in [0.1, 0.15) is 20.3 Å². The first-order valence-electron chi connectivity index (χ1n) is 3.73. The molecular weight excluding hydrogens is 146 g/mol. The number of rotatable bonds is 4. The highest BCUT2D eigenvalue weighted by atomic mass is 16.3. The molecule has 0 aliphatic heterocycles. The molecule has 0 spiro atoms. The summed E-state index contributed by atoms with van der Waals surface area (Å²) in [5.41, 5.74) is 0. The lowest BCUT2D eigenvalue weighted by atomic mass is 10.2. The van der Waals surface area contributed by atoms with Crippen LogP contribution in [-0.2, 0) is 4.79 Å². The molecule has 0 aromatic rings. The zero-order valence-corrected chi connectivity index (χ0v) is 6.87. The lowest BCUT2D eigenvalue weighted by Gasteiger charge is -2.12. The molecule has 0 fully saturated rings. The van der Waals surface area contributed by atoms with Crippen molar-refractivity contribution in [3.8, 4) is 0 Å². The van der Waals surface area contributed by atoms with Crippen LogP contribution in [0.25, 0.3) is 0 Å². The van der Waals surface area contributed by atoms with E-state index in [9.17, 15) is 4.79 Å². The molecule has 4 nitrogen and oxygen atoms in total. The molecule has 0 aromatic carbocycles. The van der Waals surface area contributed by atoms with E-state index in [2.05, 4.69) is 5.32 Å². The molecule has 0 bridgehead atoms. The van der Waals surface area contributed by atoms with Crippen molar-refractivity contribution in [3.05, 3.63) is 0 Å². The third-order valence-corrected chi connectivity index (χ3v) is 1.27. The van der Waals surface area contributed by atoms with Gasteiger partial charge in [-0.2, -0.15) is 0 Å². The Balaban J connectivity index is 3.64. The summed E-state index contributed by atoms with van der Waals surface area (Å²) in [6, 6.07) is 0. The van der Waals surface area contributed by atoms with Crippen molar-refractivity contribution in [1.82, 2.24) is 5.32 Å². The molecule has 1 amide bonds. The summed E-state index contributed by atoms with van der Waals surface area (Å²) in [6.45, 7) is 3.81. The van der Waals surface area contributed by atoms with Gasteiger partial charge in [-0.25, -0.2) is 0 Å². The van der Waals surface area contributed by atoms with Crippen LogP contribution in [0.15, 0.2) is 0 Å². The fourth-order valence-corrected chi connectivity index (χ4v) is 0.572. The lowest BCUT2D eigenvalue weighted by Crippen LogP contribution is -2.41. The van der Waals surface area contributed by atoms with Crippen LogP contribution in [0.4, 0.5) is 0 Å². The minimum Gasteiger partial charge on any atom is -0.390 e. The fraction of sp³-hybridized carbons (Fsp3) is 0.857. The Kier molecular flexibility index (Phi) is 4.81. The van der Waals surface area contributed by atoms with Gasteiger partial charge in [-0.15, -0.1) is 0 Å². The van der Waals surface area contributed by atoms with Gasteiger partial charge in [-0.1, -0.05) is 6.92 Å². The molecule has 0 radical (unpaired) electrons. The maximum Gasteiger partial charge on any atom is 0.251 e.